The summed E-state index contributed by atoms with van der Waals surface area (Å²) in [5, 5.41) is 0. The minimum atomic E-state index is -3.55. The van der Waals surface area contributed by atoms with Crippen molar-refractivity contribution >= 4 is 27.0 Å². The average molecular weight is 465 g/mol. The van der Waals surface area contributed by atoms with E-state index in [0.29, 0.717) is 51.2 Å². The predicted octanol–water partition coefficient (Wildman–Crippen LogP) is 3.05. The molecular weight excluding hydrogens is 428 g/mol. The van der Waals surface area contributed by atoms with E-state index in [-0.39, 0.29) is 16.3 Å². The summed E-state index contributed by atoms with van der Waals surface area (Å²) in [6, 6.07) is 5.16. The number of carbonyl (C=O) groups is 1. The first-order valence-electron chi connectivity index (χ1n) is 11.5. The van der Waals surface area contributed by atoms with Crippen molar-refractivity contribution in [3.8, 4) is 0 Å². The lowest BCUT2D eigenvalue weighted by Gasteiger charge is -2.42. The molecule has 2 heterocycles. The zero-order chi connectivity index (χ0) is 23.5. The molecule has 1 fully saturated rings. The van der Waals surface area contributed by atoms with Gasteiger partial charge in [0.05, 0.1) is 34.7 Å². The summed E-state index contributed by atoms with van der Waals surface area (Å²) < 4.78 is 35.0. The number of aromatic nitrogens is 2. The van der Waals surface area contributed by atoms with E-state index < -0.39 is 10.0 Å². The number of nitrogens with zero attached hydrogens (tertiary/aromatic N) is 4. The Morgan fingerprint density at radius 2 is 1.94 bits per heavy atom. The van der Waals surface area contributed by atoms with Crippen LogP contribution < -0.4 is 0 Å². The molecule has 2 aromatic rings. The van der Waals surface area contributed by atoms with Crippen molar-refractivity contribution in [3.05, 3.63) is 24.0 Å². The largest absolute Gasteiger partial charge is 0.377 e. The maximum absolute atomic E-state index is 12.9. The van der Waals surface area contributed by atoms with E-state index in [4.69, 9.17) is 9.72 Å². The second-order valence-corrected chi connectivity index (χ2v) is 10.8. The third kappa shape index (κ3) is 4.84. The molecule has 1 aliphatic rings. The number of hydrogen-bond donors (Lipinski definition) is 0. The molecule has 0 aliphatic carbocycles. The van der Waals surface area contributed by atoms with Gasteiger partial charge in [-0.3, -0.25) is 4.79 Å². The standard InChI is InChI=1S/C23H36N4O4S/c1-6-13-26-20-10-9-18(32(29,30)25(7-2)8-3)16-19(20)24-21(26)11-12-22(28)27-14-15-31-17-23(27,4)5/h9-10,16H,6-8,11-15,17H2,1-5H3. The van der Waals surface area contributed by atoms with Crippen molar-refractivity contribution in [2.24, 2.45) is 0 Å². The molecule has 0 unspecified atom stereocenters. The lowest BCUT2D eigenvalue weighted by Crippen LogP contribution is -2.55. The molecule has 0 radical (unpaired) electrons. The second-order valence-electron chi connectivity index (χ2n) is 8.83. The van der Waals surface area contributed by atoms with Gasteiger partial charge in [-0.15, -0.1) is 0 Å². The molecule has 0 spiro atoms. The monoisotopic (exact) mass is 464 g/mol. The minimum Gasteiger partial charge on any atom is -0.377 e. The van der Waals surface area contributed by atoms with Crippen molar-refractivity contribution in [1.82, 2.24) is 18.8 Å². The normalized spacial score (nSPS) is 16.8. The molecule has 1 saturated heterocycles. The number of rotatable bonds is 9. The van der Waals surface area contributed by atoms with Gasteiger partial charge in [0.25, 0.3) is 0 Å². The van der Waals surface area contributed by atoms with E-state index in [2.05, 4.69) is 11.5 Å². The molecule has 1 aromatic carbocycles. The maximum atomic E-state index is 12.9. The van der Waals surface area contributed by atoms with Crippen molar-refractivity contribution in [3.63, 3.8) is 0 Å². The van der Waals surface area contributed by atoms with Gasteiger partial charge < -0.3 is 14.2 Å². The van der Waals surface area contributed by atoms with Gasteiger partial charge in [-0.1, -0.05) is 20.8 Å². The summed E-state index contributed by atoms with van der Waals surface area (Å²) >= 11 is 0. The first-order valence-corrected chi connectivity index (χ1v) is 13.0. The Kier molecular flexibility index (Phi) is 7.62. The van der Waals surface area contributed by atoms with Crippen LogP contribution in [0.4, 0.5) is 0 Å². The number of aryl methyl sites for hydroxylation is 2. The molecule has 0 saturated carbocycles. The third-order valence-corrected chi connectivity index (χ3v) is 8.14. The number of carbonyl (C=O) groups excluding carboxylic acids is 1. The molecule has 1 amide bonds. The van der Waals surface area contributed by atoms with E-state index in [0.717, 1.165) is 24.3 Å². The highest BCUT2D eigenvalue weighted by Gasteiger charge is 2.34. The number of ether oxygens (including phenoxy) is 1. The molecule has 178 valence electrons. The molecule has 0 N–H and O–H groups in total. The number of benzene rings is 1. The number of sulfonamides is 1. The summed E-state index contributed by atoms with van der Waals surface area (Å²) in [4.78, 5) is 19.9. The number of amides is 1. The number of hydrogen-bond acceptors (Lipinski definition) is 5. The first-order chi connectivity index (χ1) is 15.2. The Morgan fingerprint density at radius 1 is 1.22 bits per heavy atom. The second kappa shape index (κ2) is 9.89. The quantitative estimate of drug-likeness (QED) is 0.569. The van der Waals surface area contributed by atoms with Gasteiger partial charge in [-0.05, 0) is 38.5 Å². The van der Waals surface area contributed by atoms with E-state index in [1.807, 2.05) is 38.7 Å². The van der Waals surface area contributed by atoms with E-state index >= 15 is 0 Å². The first kappa shape index (κ1) is 24.7. The Labute approximate surface area is 191 Å². The van der Waals surface area contributed by atoms with Crippen LogP contribution in [0, 0.1) is 0 Å². The van der Waals surface area contributed by atoms with Gasteiger partial charge >= 0.3 is 0 Å². The summed E-state index contributed by atoms with van der Waals surface area (Å²) in [5.41, 5.74) is 1.24. The lowest BCUT2D eigenvalue weighted by atomic mass is 10.0. The van der Waals surface area contributed by atoms with Crippen LogP contribution >= 0.6 is 0 Å². The Balaban J connectivity index is 1.88. The van der Waals surface area contributed by atoms with Gasteiger partial charge in [0.2, 0.25) is 15.9 Å². The Bertz CT molecular complexity index is 1060. The van der Waals surface area contributed by atoms with E-state index in [9.17, 15) is 13.2 Å². The fourth-order valence-corrected chi connectivity index (χ4v) is 5.85. The van der Waals surface area contributed by atoms with Gasteiger partial charge in [-0.2, -0.15) is 4.31 Å². The van der Waals surface area contributed by atoms with Crippen LogP contribution in [0.3, 0.4) is 0 Å². The third-order valence-electron chi connectivity index (χ3n) is 6.10. The smallest absolute Gasteiger partial charge is 0.243 e. The molecule has 1 aliphatic heterocycles. The van der Waals surface area contributed by atoms with Crippen LogP contribution in [-0.2, 0) is 32.5 Å². The van der Waals surface area contributed by atoms with Crippen LogP contribution in [0.2, 0.25) is 0 Å². The van der Waals surface area contributed by atoms with E-state index in [1.54, 1.807) is 12.1 Å². The number of fused-ring (bicyclic) bond motifs is 1. The van der Waals surface area contributed by atoms with E-state index in [1.165, 1.54) is 4.31 Å². The number of imidazole rings is 1. The van der Waals surface area contributed by atoms with Crippen molar-refractivity contribution < 1.29 is 17.9 Å². The lowest BCUT2D eigenvalue weighted by molar-refractivity contribution is -0.146. The predicted molar refractivity (Wildman–Crippen MR) is 125 cm³/mol. The van der Waals surface area contributed by atoms with Crippen molar-refractivity contribution in [2.45, 2.75) is 70.9 Å². The van der Waals surface area contributed by atoms with Gasteiger partial charge in [0, 0.05) is 39.0 Å². The highest BCUT2D eigenvalue weighted by molar-refractivity contribution is 7.89. The average Bonchev–Trinajstić information content (AvgIpc) is 3.09. The fourth-order valence-electron chi connectivity index (χ4n) is 4.37. The van der Waals surface area contributed by atoms with Crippen LogP contribution in [0.5, 0.6) is 0 Å². The van der Waals surface area contributed by atoms with Gasteiger partial charge in [-0.25, -0.2) is 13.4 Å². The van der Waals surface area contributed by atoms with Gasteiger partial charge in [0.15, 0.2) is 0 Å². The number of morpholine rings is 1. The maximum Gasteiger partial charge on any atom is 0.243 e. The highest BCUT2D eigenvalue weighted by atomic mass is 32.2. The van der Waals surface area contributed by atoms with Crippen molar-refractivity contribution in [2.75, 3.05) is 32.8 Å². The van der Waals surface area contributed by atoms with Crippen LogP contribution in [0.15, 0.2) is 23.1 Å². The van der Waals surface area contributed by atoms with Crippen LogP contribution in [0.25, 0.3) is 11.0 Å². The molecule has 1 aromatic heterocycles. The molecule has 0 bridgehead atoms. The molecule has 0 atom stereocenters. The molecule has 32 heavy (non-hydrogen) atoms. The zero-order valence-electron chi connectivity index (χ0n) is 19.9. The van der Waals surface area contributed by atoms with Crippen LogP contribution in [0.1, 0.15) is 53.3 Å². The summed E-state index contributed by atoms with van der Waals surface area (Å²) in [5.74, 6) is 0.914. The fraction of sp³-hybridized carbons (Fsp3) is 0.652. The minimum absolute atomic E-state index is 0.0956. The summed E-state index contributed by atoms with van der Waals surface area (Å²) in [6.07, 6.45) is 1.79. The molecular formula is C23H36N4O4S. The van der Waals surface area contributed by atoms with Crippen LogP contribution in [-0.4, -0.2) is 71.5 Å². The summed E-state index contributed by atoms with van der Waals surface area (Å²) in [7, 11) is -3.55. The SMILES string of the molecule is CCCn1c(CCC(=O)N2CCOCC2(C)C)nc2cc(S(=O)(=O)N(CC)CC)ccc21. The molecule has 8 nitrogen and oxygen atoms in total. The van der Waals surface area contributed by atoms with Gasteiger partial charge in [0.1, 0.15) is 5.82 Å². The molecule has 9 heteroatoms. The summed E-state index contributed by atoms with van der Waals surface area (Å²) in [6.45, 7) is 13.1. The molecule has 3 rings (SSSR count). The highest BCUT2D eigenvalue weighted by Crippen LogP contribution is 2.25. The zero-order valence-corrected chi connectivity index (χ0v) is 20.7. The topological polar surface area (TPSA) is 84.7 Å². The van der Waals surface area contributed by atoms with Crippen molar-refractivity contribution in [1.29, 1.82) is 0 Å². The Hall–Kier alpha value is -1.97. The Morgan fingerprint density at radius 3 is 2.56 bits per heavy atom.